The van der Waals surface area contributed by atoms with E-state index < -0.39 is 11.7 Å². The molecule has 0 aliphatic rings. The lowest BCUT2D eigenvalue weighted by Gasteiger charge is -2.21. The van der Waals surface area contributed by atoms with Crippen molar-refractivity contribution >= 4 is 0 Å². The largest absolute Gasteiger partial charge is 0.494 e. The molecule has 0 radical (unpaired) electrons. The second-order valence-electron chi connectivity index (χ2n) is 6.88. The molecule has 29 heavy (non-hydrogen) atoms. The molecule has 0 saturated heterocycles. The summed E-state index contributed by atoms with van der Waals surface area (Å²) in [5.41, 5.74) is 2.34. The van der Waals surface area contributed by atoms with Gasteiger partial charge in [0.25, 0.3) is 0 Å². The lowest BCUT2D eigenvalue weighted by Crippen LogP contribution is -2.23. The lowest BCUT2D eigenvalue weighted by molar-refractivity contribution is -0.137. The summed E-state index contributed by atoms with van der Waals surface area (Å²) in [6.07, 6.45) is -4.37. The molecule has 0 aliphatic heterocycles. The van der Waals surface area contributed by atoms with Crippen LogP contribution in [0.1, 0.15) is 42.8 Å². The van der Waals surface area contributed by atoms with Gasteiger partial charge in [0.1, 0.15) is 11.4 Å². The molecule has 2 atom stereocenters. The van der Waals surface area contributed by atoms with E-state index in [0.29, 0.717) is 17.0 Å². The van der Waals surface area contributed by atoms with Gasteiger partial charge >= 0.3 is 6.18 Å². The van der Waals surface area contributed by atoms with Crippen molar-refractivity contribution in [2.45, 2.75) is 32.1 Å². The van der Waals surface area contributed by atoms with Crippen LogP contribution in [0.15, 0.2) is 66.7 Å². The molecule has 6 heteroatoms. The number of nitrogens with zero attached hydrogens (tertiary/aromatic N) is 1. The minimum atomic E-state index is -4.37. The topological polar surface area (TPSA) is 34.1 Å². The van der Waals surface area contributed by atoms with Crippen LogP contribution in [0.5, 0.6) is 5.75 Å². The summed E-state index contributed by atoms with van der Waals surface area (Å²) in [7, 11) is 1.52. The van der Waals surface area contributed by atoms with Crippen LogP contribution < -0.4 is 10.1 Å². The minimum Gasteiger partial charge on any atom is -0.494 e. The van der Waals surface area contributed by atoms with Crippen LogP contribution in [-0.4, -0.2) is 12.1 Å². The zero-order valence-electron chi connectivity index (χ0n) is 16.5. The number of alkyl halides is 3. The first kappa shape index (κ1) is 20.9. The summed E-state index contributed by atoms with van der Waals surface area (Å²) in [6, 6.07) is 18.7. The highest BCUT2D eigenvalue weighted by molar-refractivity contribution is 5.66. The van der Waals surface area contributed by atoms with Crippen molar-refractivity contribution in [3.8, 4) is 17.0 Å². The van der Waals surface area contributed by atoms with Crippen molar-refractivity contribution in [1.29, 1.82) is 0 Å². The molecule has 1 heterocycles. The van der Waals surface area contributed by atoms with E-state index in [1.165, 1.54) is 19.2 Å². The smallest absolute Gasteiger partial charge is 0.416 e. The number of benzene rings is 2. The fourth-order valence-corrected chi connectivity index (χ4v) is 3.19. The lowest BCUT2D eigenvalue weighted by atomic mass is 10.0. The Morgan fingerprint density at radius 1 is 0.862 bits per heavy atom. The Morgan fingerprint density at radius 3 is 2.10 bits per heavy atom. The number of hydrogen-bond donors (Lipinski definition) is 1. The summed E-state index contributed by atoms with van der Waals surface area (Å²) in [6.45, 7) is 4.08. The van der Waals surface area contributed by atoms with Crippen LogP contribution in [0.3, 0.4) is 0 Å². The molecule has 2 aromatic carbocycles. The predicted octanol–water partition coefficient (Wildman–Crippen LogP) is 6.19. The number of aromatic nitrogens is 1. The summed E-state index contributed by atoms with van der Waals surface area (Å²) < 4.78 is 43.9. The average Bonchev–Trinajstić information content (AvgIpc) is 2.73. The molecule has 152 valence electrons. The number of methoxy groups -OCH3 is 1. The molecule has 0 bridgehead atoms. The second-order valence-corrected chi connectivity index (χ2v) is 6.88. The number of halogens is 3. The van der Waals surface area contributed by atoms with E-state index in [0.717, 1.165) is 23.4 Å². The molecule has 0 amide bonds. The molecule has 0 aliphatic carbocycles. The second kappa shape index (κ2) is 8.66. The maximum absolute atomic E-state index is 12.9. The number of pyridine rings is 1. The zero-order valence-corrected chi connectivity index (χ0v) is 16.5. The van der Waals surface area contributed by atoms with Gasteiger partial charge in [-0.2, -0.15) is 13.2 Å². The van der Waals surface area contributed by atoms with Gasteiger partial charge in [-0.25, -0.2) is 4.98 Å². The van der Waals surface area contributed by atoms with E-state index in [-0.39, 0.29) is 12.1 Å². The fraction of sp³-hybridized carbons (Fsp3) is 0.261. The van der Waals surface area contributed by atoms with Crippen molar-refractivity contribution in [1.82, 2.24) is 10.3 Å². The third-order valence-electron chi connectivity index (χ3n) is 4.83. The molecule has 0 saturated carbocycles. The van der Waals surface area contributed by atoms with Gasteiger partial charge in [0.15, 0.2) is 0 Å². The van der Waals surface area contributed by atoms with Crippen molar-refractivity contribution in [2.24, 2.45) is 0 Å². The Labute approximate surface area is 168 Å². The average molecular weight is 400 g/mol. The molecule has 1 aromatic heterocycles. The Balaban J connectivity index is 1.86. The monoisotopic (exact) mass is 400 g/mol. The van der Waals surface area contributed by atoms with Gasteiger partial charge in [0, 0.05) is 17.6 Å². The minimum absolute atomic E-state index is 0.0655. The van der Waals surface area contributed by atoms with E-state index in [1.54, 1.807) is 6.07 Å². The number of nitrogens with one attached hydrogen (secondary N) is 1. The Bertz CT molecular complexity index is 941. The molecular weight excluding hydrogens is 377 g/mol. The van der Waals surface area contributed by atoms with Crippen LogP contribution in [0, 0.1) is 0 Å². The predicted molar refractivity (Wildman–Crippen MR) is 108 cm³/mol. The first-order valence-electron chi connectivity index (χ1n) is 9.33. The van der Waals surface area contributed by atoms with E-state index in [1.807, 2.05) is 31.2 Å². The van der Waals surface area contributed by atoms with E-state index in [2.05, 4.69) is 29.4 Å². The molecule has 0 spiro atoms. The van der Waals surface area contributed by atoms with Crippen LogP contribution in [0.4, 0.5) is 13.2 Å². The first-order valence-corrected chi connectivity index (χ1v) is 9.33. The number of ether oxygens (including phenoxy) is 1. The molecule has 1 unspecified atom stereocenters. The Hall–Kier alpha value is -2.86. The molecule has 1 N–H and O–H groups in total. The van der Waals surface area contributed by atoms with Crippen molar-refractivity contribution in [3.05, 3.63) is 83.6 Å². The molecule has 3 nitrogen and oxygen atoms in total. The highest BCUT2D eigenvalue weighted by atomic mass is 19.4. The van der Waals surface area contributed by atoms with Crippen LogP contribution in [0.25, 0.3) is 11.3 Å². The van der Waals surface area contributed by atoms with Gasteiger partial charge in [-0.3, -0.25) is 0 Å². The van der Waals surface area contributed by atoms with Crippen LogP contribution >= 0.6 is 0 Å². The maximum Gasteiger partial charge on any atom is 0.416 e. The summed E-state index contributed by atoms with van der Waals surface area (Å²) >= 11 is 0. The summed E-state index contributed by atoms with van der Waals surface area (Å²) in [5, 5.41) is 3.51. The first-order chi connectivity index (χ1) is 13.8. The van der Waals surface area contributed by atoms with E-state index in [9.17, 15) is 13.2 Å². The normalized spacial score (nSPS) is 13.7. The standard InChI is InChI=1S/C23H23F3N2O/c1-15(17-7-5-4-6-8-17)27-16(2)20-13-14-21(29-3)22(28-20)18-9-11-19(12-10-18)23(24,25)26/h4-16,27H,1-3H3/t15?,16-/m1/s1. The summed E-state index contributed by atoms with van der Waals surface area (Å²) in [4.78, 5) is 4.68. The van der Waals surface area contributed by atoms with Crippen molar-refractivity contribution in [2.75, 3.05) is 7.11 Å². The van der Waals surface area contributed by atoms with Gasteiger partial charge in [0.2, 0.25) is 0 Å². The molecule has 3 rings (SSSR count). The van der Waals surface area contributed by atoms with E-state index >= 15 is 0 Å². The highest BCUT2D eigenvalue weighted by Crippen LogP contribution is 2.34. The van der Waals surface area contributed by atoms with Gasteiger partial charge in [-0.15, -0.1) is 0 Å². The van der Waals surface area contributed by atoms with Gasteiger partial charge < -0.3 is 10.1 Å². The number of hydrogen-bond acceptors (Lipinski definition) is 3. The van der Waals surface area contributed by atoms with Crippen molar-refractivity contribution in [3.63, 3.8) is 0 Å². The number of rotatable bonds is 6. The zero-order chi connectivity index (χ0) is 21.0. The highest BCUT2D eigenvalue weighted by Gasteiger charge is 2.30. The van der Waals surface area contributed by atoms with Gasteiger partial charge in [0.05, 0.1) is 18.4 Å². The molecular formula is C23H23F3N2O. The summed E-state index contributed by atoms with van der Waals surface area (Å²) in [5.74, 6) is 0.511. The van der Waals surface area contributed by atoms with Crippen molar-refractivity contribution < 1.29 is 17.9 Å². The third-order valence-corrected chi connectivity index (χ3v) is 4.83. The Kier molecular flexibility index (Phi) is 6.23. The molecule has 3 aromatic rings. The van der Waals surface area contributed by atoms with E-state index in [4.69, 9.17) is 4.74 Å². The maximum atomic E-state index is 12.9. The fourth-order valence-electron chi connectivity index (χ4n) is 3.19. The SMILES string of the molecule is COc1ccc([C@@H](C)NC(C)c2ccccc2)nc1-c1ccc(C(F)(F)F)cc1. The quantitative estimate of drug-likeness (QED) is 0.536. The van der Waals surface area contributed by atoms with Gasteiger partial charge in [-0.05, 0) is 43.7 Å². The van der Waals surface area contributed by atoms with Crippen LogP contribution in [0.2, 0.25) is 0 Å². The van der Waals surface area contributed by atoms with Gasteiger partial charge in [-0.1, -0.05) is 42.5 Å². The Morgan fingerprint density at radius 2 is 1.52 bits per heavy atom. The third kappa shape index (κ3) is 4.95. The van der Waals surface area contributed by atoms with Crippen LogP contribution in [-0.2, 0) is 6.18 Å². The molecule has 0 fully saturated rings.